The summed E-state index contributed by atoms with van der Waals surface area (Å²) in [6, 6.07) is -67.7. The molecule has 0 bridgehead atoms. The lowest BCUT2D eigenvalue weighted by molar-refractivity contribution is 1.05. The van der Waals surface area contributed by atoms with Gasteiger partial charge < -0.3 is 32.0 Å². The Morgan fingerprint density at radius 2 is 0.520 bits per heavy atom. The molecular weight excluding hydrogens is 1860 g/mol. The predicted molar refractivity (Wildman–Crippen MR) is 640 cm³/mol. The van der Waals surface area contributed by atoms with Gasteiger partial charge in [0.05, 0.1) is 207 Å². The highest BCUT2D eigenvalue weighted by Gasteiger charge is 2.29. The third kappa shape index (κ3) is 13.3. The van der Waals surface area contributed by atoms with Crippen LogP contribution in [0.5, 0.6) is 0 Å². The van der Waals surface area contributed by atoms with Gasteiger partial charge in [0.25, 0.3) is 0 Å². The number of para-hydroxylation sites is 10. The highest BCUT2D eigenvalue weighted by molar-refractivity contribution is 7.26. The maximum atomic E-state index is 10.1. The fraction of sp³-hybridized carbons (Fsp3) is 0.0213. The molecule has 0 atom stereocenters. The fourth-order valence-corrected chi connectivity index (χ4v) is 21.5. The summed E-state index contributed by atoms with van der Waals surface area (Å²) in [6.07, 6.45) is -0.623. The Kier molecular flexibility index (Phi) is 8.40. The van der Waals surface area contributed by atoms with Crippen molar-refractivity contribution in [2.24, 2.45) is 0 Å². The van der Waals surface area contributed by atoms with Gasteiger partial charge in [0, 0.05) is 146 Å². The first-order chi connectivity index (χ1) is 109. The molecule has 0 unspecified atom stereocenters. The minimum atomic E-state index is -1.09. The van der Waals surface area contributed by atoms with E-state index in [1.165, 1.54) is 13.8 Å². The van der Waals surface area contributed by atoms with Gasteiger partial charge in [0.1, 0.15) is 0 Å². The zero-order valence-electron chi connectivity index (χ0n) is 159. The van der Waals surface area contributed by atoms with Crippen molar-refractivity contribution in [2.45, 2.75) is 20.3 Å². The summed E-state index contributed by atoms with van der Waals surface area (Å²) >= 11 is 1.41. The van der Waals surface area contributed by atoms with Crippen molar-refractivity contribution in [1.29, 1.82) is 0 Å². The van der Waals surface area contributed by atoms with Gasteiger partial charge in [-0.3, -0.25) is 0 Å². The largest absolute Gasteiger partial charge is 0.309 e. The molecule has 0 fully saturated rings. The van der Waals surface area contributed by atoms with E-state index in [0.29, 0.717) is 15.9 Å². The molecule has 1 aliphatic rings. The molecule has 150 heavy (non-hydrogen) atoms. The first-order valence-electron chi connectivity index (χ1n) is 86.5. The van der Waals surface area contributed by atoms with E-state index in [0.717, 1.165) is 38.7 Å². The van der Waals surface area contributed by atoms with Crippen LogP contribution >= 0.6 is 22.7 Å². The van der Waals surface area contributed by atoms with Gasteiger partial charge >= 0.3 is 0 Å². The third-order valence-corrected chi connectivity index (χ3v) is 27.7. The standard InChI is InChI=1S/C50H33N3.C49H32N2S.C42H26N2S/c1-31-20-22-46-40(24-31)42-30-48-34(29-49(42)52(46)37-14-6-3-7-15-37)26-35-25-33(28-43-39-17-9-11-19-45(39)53(48)50(35)43)32-21-23-47-41(27-32)38-16-8-10-18-44(38)51(47)36-12-4-2-5-13-36;1-31-23-25-41-42-19-10-18-37(49(42)52-48(41)27-31)34-13-8-11-32(28-34)33-12-9-14-35(29-33)50-46-22-7-4-17-40(46)43-30-36(24-26-47(43)50)51-44-20-5-2-15-38(44)39-16-3-6-21-45(39)51;1-2-11-29(12-3-1)43-36-17-7-4-13-30(36)34-25-27(21-23-38(34)43)28-22-24-39-35(26-28)31-14-5-8-18-37(31)44(39)40-19-10-16-33-32-15-6-9-20-41(32)45-42(33)40/h2-25,27-30H,26H2,1H3;2-30H,1H3;1-26H/i2D,3D,4D,5D,6D,7D,8D,9D,10D,11D,12D,13D,14D,15D,16D,17D,18D,19D,20D,21D,22D,23D,24D,25D,27D,28D,29D,30D;2D,3D,4D,5D,6D,7D,8D,9D,10D,11D,12D,13D,14D,15D,16D,17D,18D,19D,20D,21D,22D,23D,24D,25D,26D,27D,28D,29D,30D;1D,2D,3D,4D,5D,6D,7D,8D,9D,10D,11D,12D,13D,14D,15D,16D,17D,18D,19D,20D,21D,22D,23D,24D,25D,26D. The average molecular weight is 2030 g/mol. The zero-order chi connectivity index (χ0) is 171. The number of benzene rings is 23. The second kappa shape index (κ2) is 33.8. The highest BCUT2D eigenvalue weighted by Crippen LogP contribution is 2.51. The van der Waals surface area contributed by atoms with Crippen LogP contribution in [0.25, 0.3) is 277 Å². The SMILES string of the molecule is [2H]c1c([2H])c(-c2c([2H])c([2H])c([2H])c(-n3c4c([2H])c([2H])c([2H])c([2H])c4c4c([2H])c(-n5c6c([2H])c([2H])c([2H])c([2H])c6c6c([2H])c([2H])c([2H])c([2H])c65)c([2H])c([2H])c43)c2[2H])c([2H])c(-c2c([2H])c([2H])c([2H])c3c2sc2c([2H])c(C)c([2H])c([2H])c23)c1[2H].[2H]c1c([2H])c([2H])c(-n2c3c([2H])c([2H])c([2H])c([2H])c3c3c([2H])c(-c4c([2H])c([2H])c5c(c4[2H])c4c([2H])c([2H])c([2H])c([2H])c4n5-c4c([2H])c([2H])c([2H])c5c4sc4c([2H])c([2H])c([2H])c([2H])c45)c([2H])c([2H])c32)c([2H])c1[2H].[2H]c1c([2H])c([2H])c(-n2c3c([2H])c([2H])c([2H])c([2H])c3c3c([2H])c(-c4c([2H])c5c6c(c4[2H])c4c([2H])c([2H])c([2H])c([2H])c4n6-c4c(c([2H])c6c(c4[2H])c4c([2H])c(C)c([2H])c([2H])c4n6-c4c([2H])c([2H])c([2H])c([2H])c4[2H])C5)c([2H])c([2H])c32)c([2H])c1[2H]. The first-order valence-corrected chi connectivity index (χ1v) is 46.6. The summed E-state index contributed by atoms with van der Waals surface area (Å²) in [5.74, 6) is 0. The third-order valence-electron chi connectivity index (χ3n) is 25.4. The lowest BCUT2D eigenvalue weighted by Crippen LogP contribution is -2.08. The molecule has 0 amide bonds. The summed E-state index contributed by atoms with van der Waals surface area (Å²) in [5, 5.41) is -7.38. The summed E-state index contributed by atoms with van der Waals surface area (Å²) in [5.41, 5.74) is -17.9. The predicted octanol–water partition coefficient (Wildman–Crippen LogP) is 38.7. The Balaban J connectivity index is 0.000000140. The van der Waals surface area contributed by atoms with E-state index in [2.05, 4.69) is 0 Å². The fourth-order valence-electron chi connectivity index (χ4n) is 19.2. The van der Waals surface area contributed by atoms with Crippen molar-refractivity contribution in [2.75, 3.05) is 0 Å². The maximum Gasteiger partial charge on any atom is 0.0652 e. The molecule has 10 heterocycles. The van der Waals surface area contributed by atoms with Gasteiger partial charge in [-0.05, 0) is 280 Å². The van der Waals surface area contributed by atoms with Crippen LogP contribution in [-0.4, -0.2) is 32.0 Å². The van der Waals surface area contributed by atoms with Crippen LogP contribution in [0.2, 0.25) is 0 Å². The molecule has 23 aromatic carbocycles. The van der Waals surface area contributed by atoms with E-state index < -0.39 is 700 Å². The molecule has 0 N–H and O–H groups in total. The molecular formula is C141H91N7S2. The molecule has 9 heteroatoms. The minimum absolute atomic E-state index is 0.0497. The lowest BCUT2D eigenvalue weighted by atomic mass is 9.92. The molecule has 1 aliphatic heterocycles. The number of rotatable bonds is 10. The number of hydrogen-bond donors (Lipinski definition) is 0. The van der Waals surface area contributed by atoms with Gasteiger partial charge in [-0.1, -0.05) is 302 Å². The van der Waals surface area contributed by atoms with E-state index in [-0.39, 0.29) is 107 Å². The smallest absolute Gasteiger partial charge is 0.0652 e. The number of nitrogens with zero attached hydrogens (tertiary/aromatic N) is 7. The Labute approximate surface area is 987 Å². The Morgan fingerprint density at radius 1 is 0.173 bits per heavy atom. The molecule has 7 nitrogen and oxygen atoms in total. The lowest BCUT2D eigenvalue weighted by Gasteiger charge is -2.22. The molecule has 9 aromatic heterocycles. The van der Waals surface area contributed by atoms with E-state index in [1.807, 2.05) is 0 Å². The molecule has 0 spiro atoms. The van der Waals surface area contributed by atoms with Crippen molar-refractivity contribution < 1.29 is 114 Å². The van der Waals surface area contributed by atoms with E-state index in [9.17, 15) is 43.9 Å². The summed E-state index contributed by atoms with van der Waals surface area (Å²) in [7, 11) is 0. The van der Waals surface area contributed by atoms with Crippen LogP contribution in [0.3, 0.4) is 0 Å². The average Bonchev–Trinajstić information content (AvgIpc) is 1.50. The summed E-state index contributed by atoms with van der Waals surface area (Å²) < 4.78 is 758. The van der Waals surface area contributed by atoms with Crippen LogP contribution in [0.1, 0.15) is 136 Å². The molecule has 0 saturated carbocycles. The minimum Gasteiger partial charge on any atom is -0.309 e. The second-order valence-corrected chi connectivity index (χ2v) is 35.7. The molecule has 32 aromatic rings. The number of thiophene rings is 2. The summed E-state index contributed by atoms with van der Waals surface area (Å²) in [6.45, 7) is 2.79. The first kappa shape index (κ1) is 37.2. The maximum absolute atomic E-state index is 10.1. The van der Waals surface area contributed by atoms with Gasteiger partial charge in [-0.15, -0.1) is 22.7 Å². The van der Waals surface area contributed by atoms with Crippen molar-refractivity contribution in [1.82, 2.24) is 32.0 Å². The van der Waals surface area contributed by atoms with Crippen LogP contribution in [0.15, 0.2) is 502 Å². The normalized spacial score (nSPS) is 19.9. The van der Waals surface area contributed by atoms with Crippen LogP contribution in [0.4, 0.5) is 0 Å². The van der Waals surface area contributed by atoms with E-state index in [1.54, 1.807) is 0 Å². The molecule has 0 aliphatic carbocycles. The van der Waals surface area contributed by atoms with Gasteiger partial charge in [-0.2, -0.15) is 0 Å². The quantitative estimate of drug-likeness (QED) is 0.131. The Hall–Kier alpha value is -18.9. The van der Waals surface area contributed by atoms with Crippen LogP contribution in [0, 0.1) is 13.8 Å². The Bertz CT molecular complexity index is 16700. The molecule has 0 saturated heterocycles. The molecule has 33 rings (SSSR count). The van der Waals surface area contributed by atoms with Gasteiger partial charge in [0.15, 0.2) is 0 Å². The van der Waals surface area contributed by atoms with Gasteiger partial charge in [0.2, 0.25) is 0 Å². The number of hydrogen-bond acceptors (Lipinski definition) is 2. The van der Waals surface area contributed by atoms with E-state index in [4.69, 9.17) is 69.9 Å². The van der Waals surface area contributed by atoms with Crippen molar-refractivity contribution in [3.8, 4) is 84.3 Å². The van der Waals surface area contributed by atoms with Crippen molar-refractivity contribution in [3.63, 3.8) is 0 Å². The Morgan fingerprint density at radius 3 is 1.09 bits per heavy atom. The van der Waals surface area contributed by atoms with Gasteiger partial charge in [-0.25, -0.2) is 0 Å². The van der Waals surface area contributed by atoms with Crippen molar-refractivity contribution in [3.05, 3.63) is 524 Å². The monoisotopic (exact) mass is 2030 g/mol. The topological polar surface area (TPSA) is 34.5 Å². The molecule has 0 radical (unpaired) electrons. The van der Waals surface area contributed by atoms with Crippen LogP contribution in [-0.2, 0) is 6.42 Å². The number of fused-ring (bicyclic) bond motifs is 29. The summed E-state index contributed by atoms with van der Waals surface area (Å²) in [4.78, 5) is 0. The second-order valence-electron chi connectivity index (χ2n) is 33.7. The zero-order valence-corrected chi connectivity index (χ0v) is 77.3. The number of aromatic nitrogens is 7. The van der Waals surface area contributed by atoms with Crippen LogP contribution < -0.4 is 0 Å². The molecule has 702 valence electrons. The van der Waals surface area contributed by atoms with Crippen molar-refractivity contribution >= 4 is 216 Å². The highest BCUT2D eigenvalue weighted by atomic mass is 32.1. The van der Waals surface area contributed by atoms with E-state index >= 15 is 0 Å².